The van der Waals surface area contributed by atoms with Crippen molar-refractivity contribution in [3.63, 3.8) is 0 Å². The van der Waals surface area contributed by atoms with E-state index in [4.69, 9.17) is 9.84 Å². The molecular formula is C13H17NO4S. The number of benzene rings is 1. The lowest BCUT2D eigenvalue weighted by Crippen LogP contribution is -2.26. The molecule has 1 amide bonds. The van der Waals surface area contributed by atoms with Gasteiger partial charge in [-0.15, -0.1) is 11.8 Å². The minimum Gasteiger partial charge on any atom is -0.481 e. The highest BCUT2D eigenvalue weighted by Gasteiger charge is 2.11. The van der Waals surface area contributed by atoms with Crippen LogP contribution in [0.3, 0.4) is 0 Å². The summed E-state index contributed by atoms with van der Waals surface area (Å²) in [5.41, 5.74) is 1.65. The van der Waals surface area contributed by atoms with Crippen molar-refractivity contribution in [3.8, 4) is 0 Å². The number of hydrogen-bond acceptors (Lipinski definition) is 4. The van der Waals surface area contributed by atoms with E-state index < -0.39 is 12.1 Å². The van der Waals surface area contributed by atoms with Crippen molar-refractivity contribution >= 4 is 29.3 Å². The highest BCUT2D eigenvalue weighted by Crippen LogP contribution is 2.16. The first kappa shape index (κ1) is 15.5. The normalized spacial score (nSPS) is 11.9. The molecule has 1 unspecified atom stereocenters. The third kappa shape index (κ3) is 5.76. The summed E-state index contributed by atoms with van der Waals surface area (Å²) in [5, 5.41) is 11.3. The van der Waals surface area contributed by atoms with Crippen molar-refractivity contribution in [1.82, 2.24) is 0 Å². The Morgan fingerprint density at radius 1 is 1.47 bits per heavy atom. The highest BCUT2D eigenvalue weighted by atomic mass is 32.2. The summed E-state index contributed by atoms with van der Waals surface area (Å²) in [6, 6.07) is 7.33. The van der Waals surface area contributed by atoms with Crippen LogP contribution in [0.15, 0.2) is 24.3 Å². The monoisotopic (exact) mass is 283 g/mol. The van der Waals surface area contributed by atoms with Crippen molar-refractivity contribution in [2.75, 3.05) is 18.2 Å². The molecule has 0 spiro atoms. The number of carbonyl (C=O) groups is 2. The van der Waals surface area contributed by atoms with Gasteiger partial charge in [0.05, 0.1) is 5.75 Å². The fraction of sp³-hybridized carbons (Fsp3) is 0.385. The molecule has 2 N–H and O–H groups in total. The van der Waals surface area contributed by atoms with E-state index >= 15 is 0 Å². The number of nitrogens with one attached hydrogen (secondary N) is 1. The van der Waals surface area contributed by atoms with Crippen LogP contribution in [0.5, 0.6) is 0 Å². The SMILES string of the molecule is COC(C)C(=O)Nc1cccc(CSCC(=O)O)c1. The Morgan fingerprint density at radius 2 is 2.21 bits per heavy atom. The number of aliphatic carboxylic acids is 1. The van der Waals surface area contributed by atoms with Gasteiger partial charge in [0.25, 0.3) is 5.91 Å². The Bertz CT molecular complexity index is 450. The van der Waals surface area contributed by atoms with E-state index in [0.29, 0.717) is 11.4 Å². The number of hydrogen-bond donors (Lipinski definition) is 2. The maximum absolute atomic E-state index is 11.6. The molecule has 1 aromatic rings. The van der Waals surface area contributed by atoms with Crippen LogP contribution in [-0.4, -0.2) is 35.9 Å². The minimum atomic E-state index is -0.830. The van der Waals surface area contributed by atoms with Gasteiger partial charge in [-0.25, -0.2) is 0 Å². The molecule has 0 fully saturated rings. The average molecular weight is 283 g/mol. The topological polar surface area (TPSA) is 75.6 Å². The molecule has 0 radical (unpaired) electrons. The molecule has 0 heterocycles. The van der Waals surface area contributed by atoms with E-state index in [-0.39, 0.29) is 11.7 Å². The van der Waals surface area contributed by atoms with Gasteiger partial charge in [0, 0.05) is 18.6 Å². The van der Waals surface area contributed by atoms with Gasteiger partial charge in [-0.2, -0.15) is 0 Å². The Labute approximate surface area is 116 Å². The molecule has 0 aliphatic carbocycles. The first-order chi connectivity index (χ1) is 9.02. The van der Waals surface area contributed by atoms with Crippen molar-refractivity contribution in [1.29, 1.82) is 0 Å². The third-order valence-electron chi connectivity index (χ3n) is 2.41. The Balaban J connectivity index is 2.56. The standard InChI is InChI=1S/C13H17NO4S/c1-9(18-2)13(17)14-11-5-3-4-10(6-11)7-19-8-12(15)16/h3-6,9H,7-8H2,1-2H3,(H,14,17)(H,15,16). The van der Waals surface area contributed by atoms with Crippen molar-refractivity contribution < 1.29 is 19.4 Å². The molecule has 5 nitrogen and oxygen atoms in total. The van der Waals surface area contributed by atoms with Crippen LogP contribution >= 0.6 is 11.8 Å². The van der Waals surface area contributed by atoms with E-state index in [1.807, 2.05) is 18.2 Å². The van der Waals surface area contributed by atoms with E-state index in [2.05, 4.69) is 5.32 Å². The molecule has 19 heavy (non-hydrogen) atoms. The van der Waals surface area contributed by atoms with Gasteiger partial charge >= 0.3 is 5.97 Å². The average Bonchev–Trinajstić information content (AvgIpc) is 2.37. The largest absolute Gasteiger partial charge is 0.481 e. The molecule has 0 aromatic heterocycles. The number of thioether (sulfide) groups is 1. The van der Waals surface area contributed by atoms with Gasteiger partial charge in [-0.1, -0.05) is 12.1 Å². The Morgan fingerprint density at radius 3 is 2.84 bits per heavy atom. The van der Waals surface area contributed by atoms with E-state index in [0.717, 1.165) is 5.56 Å². The van der Waals surface area contributed by atoms with Crippen LogP contribution in [0.2, 0.25) is 0 Å². The Kier molecular flexibility index (Phi) is 6.38. The fourth-order valence-corrected chi connectivity index (χ4v) is 2.04. The second kappa shape index (κ2) is 7.81. The maximum atomic E-state index is 11.6. The lowest BCUT2D eigenvalue weighted by molar-refractivity contribution is -0.134. The molecule has 0 saturated carbocycles. The lowest BCUT2D eigenvalue weighted by Gasteiger charge is -2.11. The van der Waals surface area contributed by atoms with E-state index in [1.54, 1.807) is 13.0 Å². The zero-order valence-electron chi connectivity index (χ0n) is 10.9. The molecule has 6 heteroatoms. The molecule has 104 valence electrons. The van der Waals surface area contributed by atoms with Crippen LogP contribution in [0.4, 0.5) is 5.69 Å². The number of rotatable bonds is 7. The van der Waals surface area contributed by atoms with Crippen LogP contribution in [-0.2, 0) is 20.1 Å². The van der Waals surface area contributed by atoms with Gasteiger partial charge in [0.1, 0.15) is 6.10 Å². The number of methoxy groups -OCH3 is 1. The first-order valence-corrected chi connectivity index (χ1v) is 6.90. The Hall–Kier alpha value is -1.53. The quantitative estimate of drug-likeness (QED) is 0.800. The summed E-state index contributed by atoms with van der Waals surface area (Å²) in [7, 11) is 1.48. The number of carboxylic acid groups (broad SMARTS) is 1. The highest BCUT2D eigenvalue weighted by molar-refractivity contribution is 7.99. The van der Waals surface area contributed by atoms with Gasteiger partial charge in [0.2, 0.25) is 0 Å². The molecule has 0 bridgehead atoms. The molecule has 0 saturated heterocycles. The van der Waals surface area contributed by atoms with Gasteiger partial charge in [0.15, 0.2) is 0 Å². The summed E-state index contributed by atoms with van der Waals surface area (Å²) in [6.07, 6.45) is -0.509. The number of ether oxygens (including phenoxy) is 1. The summed E-state index contributed by atoms with van der Waals surface area (Å²) in [6.45, 7) is 1.67. The molecule has 1 aromatic carbocycles. The molecule has 1 atom stereocenters. The second-order valence-electron chi connectivity index (χ2n) is 3.95. The molecule has 0 aliphatic rings. The molecule has 0 aliphatic heterocycles. The van der Waals surface area contributed by atoms with Gasteiger partial charge in [-0.3, -0.25) is 9.59 Å². The van der Waals surface area contributed by atoms with Gasteiger partial charge < -0.3 is 15.2 Å². The number of carboxylic acids is 1. The van der Waals surface area contributed by atoms with E-state index in [1.165, 1.54) is 18.9 Å². The van der Waals surface area contributed by atoms with Crippen LogP contribution < -0.4 is 5.32 Å². The van der Waals surface area contributed by atoms with Crippen molar-refractivity contribution in [2.24, 2.45) is 0 Å². The second-order valence-corrected chi connectivity index (χ2v) is 4.94. The molecular weight excluding hydrogens is 266 g/mol. The predicted octanol–water partition coefficient (Wildman–Crippen LogP) is 1.98. The third-order valence-corrected chi connectivity index (χ3v) is 3.40. The van der Waals surface area contributed by atoms with Crippen LogP contribution in [0, 0.1) is 0 Å². The van der Waals surface area contributed by atoms with E-state index in [9.17, 15) is 9.59 Å². The number of carbonyl (C=O) groups excluding carboxylic acids is 1. The summed E-state index contributed by atoms with van der Waals surface area (Å²) >= 11 is 1.32. The smallest absolute Gasteiger partial charge is 0.313 e. The summed E-state index contributed by atoms with van der Waals surface area (Å²) in [4.78, 5) is 22.1. The zero-order valence-corrected chi connectivity index (χ0v) is 11.7. The predicted molar refractivity (Wildman–Crippen MR) is 75.3 cm³/mol. The lowest BCUT2D eigenvalue weighted by atomic mass is 10.2. The first-order valence-electron chi connectivity index (χ1n) is 5.75. The van der Waals surface area contributed by atoms with Gasteiger partial charge in [-0.05, 0) is 24.6 Å². The zero-order chi connectivity index (χ0) is 14.3. The van der Waals surface area contributed by atoms with Crippen LogP contribution in [0.25, 0.3) is 0 Å². The minimum absolute atomic E-state index is 0.0668. The fourth-order valence-electron chi connectivity index (χ4n) is 1.35. The van der Waals surface area contributed by atoms with Crippen molar-refractivity contribution in [3.05, 3.63) is 29.8 Å². The van der Waals surface area contributed by atoms with Crippen LogP contribution in [0.1, 0.15) is 12.5 Å². The maximum Gasteiger partial charge on any atom is 0.313 e. The summed E-state index contributed by atoms with van der Waals surface area (Å²) in [5.74, 6) is -0.381. The van der Waals surface area contributed by atoms with Crippen molar-refractivity contribution in [2.45, 2.75) is 18.8 Å². The number of anilines is 1. The number of amides is 1. The summed E-state index contributed by atoms with van der Waals surface area (Å²) < 4.78 is 4.92. The molecule has 1 rings (SSSR count).